The summed E-state index contributed by atoms with van der Waals surface area (Å²) >= 11 is 0. The number of likely N-dealkylation sites (tertiary alicyclic amines) is 1. The van der Waals surface area contributed by atoms with Gasteiger partial charge in [0.25, 0.3) is 0 Å². The van der Waals surface area contributed by atoms with E-state index >= 15 is 0 Å². The van der Waals surface area contributed by atoms with Crippen LogP contribution in [-0.2, 0) is 0 Å². The number of aliphatic hydroxyl groups excluding tert-OH is 1. The van der Waals surface area contributed by atoms with Crippen LogP contribution >= 0.6 is 0 Å². The van der Waals surface area contributed by atoms with Gasteiger partial charge in [0.15, 0.2) is 0 Å². The Balaban J connectivity index is 2.62. The number of alkyl halides is 1. The summed E-state index contributed by atoms with van der Waals surface area (Å²) in [6, 6.07) is 0. The van der Waals surface area contributed by atoms with Gasteiger partial charge in [0.2, 0.25) is 0 Å². The molecule has 0 saturated carbocycles. The summed E-state index contributed by atoms with van der Waals surface area (Å²) in [5.74, 6) is 0.786. The monoisotopic (exact) mass is 186 g/mol. The summed E-state index contributed by atoms with van der Waals surface area (Å²) in [7, 11) is 0. The second-order valence-corrected chi connectivity index (χ2v) is 3.07. The van der Waals surface area contributed by atoms with Crippen molar-refractivity contribution in [1.29, 1.82) is 0 Å². The molecule has 3 nitrogen and oxygen atoms in total. The fourth-order valence-electron chi connectivity index (χ4n) is 1.46. The number of rotatable bonds is 2. The number of nitrogens with zero attached hydrogens (tertiary/aromatic N) is 2. The van der Waals surface area contributed by atoms with E-state index in [2.05, 4.69) is 11.6 Å². The average Bonchev–Trinajstić information content (AvgIpc) is 2.43. The predicted octanol–water partition coefficient (Wildman–Crippen LogP) is 0.953. The van der Waals surface area contributed by atoms with E-state index in [1.165, 1.54) is 6.20 Å². The largest absolute Gasteiger partial charge is 0.388 e. The number of halogens is 1. The minimum atomic E-state index is -1.15. The van der Waals surface area contributed by atoms with Crippen LogP contribution in [0.3, 0.4) is 0 Å². The van der Waals surface area contributed by atoms with E-state index in [0.29, 0.717) is 6.54 Å². The van der Waals surface area contributed by atoms with Crippen LogP contribution in [-0.4, -0.2) is 41.2 Å². The molecule has 1 aliphatic heterocycles. The van der Waals surface area contributed by atoms with E-state index in [1.54, 1.807) is 4.90 Å². The molecule has 0 aromatic heterocycles. The van der Waals surface area contributed by atoms with Crippen LogP contribution in [0.25, 0.3) is 0 Å². The molecular formula is C9H15FN2O. The molecule has 1 fully saturated rings. The Morgan fingerprint density at radius 2 is 2.46 bits per heavy atom. The molecule has 2 unspecified atom stereocenters. The first-order valence-corrected chi connectivity index (χ1v) is 4.43. The van der Waals surface area contributed by atoms with Crippen molar-refractivity contribution in [3.63, 3.8) is 0 Å². The van der Waals surface area contributed by atoms with Gasteiger partial charge >= 0.3 is 0 Å². The Labute approximate surface area is 77.6 Å². The van der Waals surface area contributed by atoms with Gasteiger partial charge < -0.3 is 10.0 Å². The third-order valence-electron chi connectivity index (χ3n) is 2.14. The van der Waals surface area contributed by atoms with Gasteiger partial charge in [0.05, 0.1) is 6.54 Å². The standard InChI is InChI=1S/C9H15FN2O/c1-3-9(11-4-2)12-5-7(10)8(13)6-12/h4,7-8,13H,2-3,5-6H2,1H3. The van der Waals surface area contributed by atoms with Crippen molar-refractivity contribution in [3.8, 4) is 0 Å². The first-order valence-electron chi connectivity index (χ1n) is 4.43. The highest BCUT2D eigenvalue weighted by Gasteiger charge is 2.32. The minimum Gasteiger partial charge on any atom is -0.388 e. The predicted molar refractivity (Wildman–Crippen MR) is 50.4 cm³/mol. The molecule has 0 radical (unpaired) electrons. The molecule has 74 valence electrons. The molecule has 0 aromatic carbocycles. The molecule has 1 aliphatic rings. The number of amidine groups is 1. The zero-order valence-corrected chi connectivity index (χ0v) is 7.78. The maximum atomic E-state index is 12.9. The lowest BCUT2D eigenvalue weighted by Crippen LogP contribution is -2.28. The Bertz CT molecular complexity index is 208. The van der Waals surface area contributed by atoms with Crippen LogP contribution in [0.2, 0.25) is 0 Å². The molecule has 0 bridgehead atoms. The van der Waals surface area contributed by atoms with Crippen LogP contribution in [0.4, 0.5) is 4.39 Å². The zero-order chi connectivity index (χ0) is 9.84. The highest BCUT2D eigenvalue weighted by molar-refractivity contribution is 5.82. The number of β-amino-alcohol motifs (C(OH)–C–C–N with tert-alkyl or cyclic N) is 1. The lowest BCUT2D eigenvalue weighted by Gasteiger charge is -2.17. The molecule has 0 spiro atoms. The van der Waals surface area contributed by atoms with Gasteiger partial charge in [0, 0.05) is 19.2 Å². The van der Waals surface area contributed by atoms with Crippen LogP contribution in [0.5, 0.6) is 0 Å². The molecule has 1 heterocycles. The van der Waals surface area contributed by atoms with Crippen molar-refractivity contribution < 1.29 is 9.50 Å². The van der Waals surface area contributed by atoms with Gasteiger partial charge in [0.1, 0.15) is 18.1 Å². The average molecular weight is 186 g/mol. The van der Waals surface area contributed by atoms with E-state index < -0.39 is 12.3 Å². The van der Waals surface area contributed by atoms with E-state index in [4.69, 9.17) is 0 Å². The maximum Gasteiger partial charge on any atom is 0.145 e. The number of aliphatic imine (C=N–C) groups is 1. The van der Waals surface area contributed by atoms with Gasteiger partial charge in [-0.25, -0.2) is 9.38 Å². The molecule has 0 amide bonds. The van der Waals surface area contributed by atoms with E-state index in [-0.39, 0.29) is 6.54 Å². The second kappa shape index (κ2) is 4.37. The second-order valence-electron chi connectivity index (χ2n) is 3.07. The smallest absolute Gasteiger partial charge is 0.145 e. The van der Waals surface area contributed by atoms with E-state index in [9.17, 15) is 9.50 Å². The van der Waals surface area contributed by atoms with Gasteiger partial charge in [-0.15, -0.1) is 0 Å². The quantitative estimate of drug-likeness (QED) is 0.515. The van der Waals surface area contributed by atoms with Crippen LogP contribution in [0, 0.1) is 0 Å². The minimum absolute atomic E-state index is 0.238. The normalized spacial score (nSPS) is 29.5. The lowest BCUT2D eigenvalue weighted by molar-refractivity contribution is 0.117. The molecule has 0 aromatic rings. The molecular weight excluding hydrogens is 171 g/mol. The maximum absolute atomic E-state index is 12.9. The fourth-order valence-corrected chi connectivity index (χ4v) is 1.46. The third-order valence-corrected chi connectivity index (χ3v) is 2.14. The van der Waals surface area contributed by atoms with Crippen molar-refractivity contribution in [3.05, 3.63) is 12.8 Å². The molecule has 1 N–H and O–H groups in total. The van der Waals surface area contributed by atoms with Crippen LogP contribution < -0.4 is 0 Å². The van der Waals surface area contributed by atoms with Gasteiger partial charge in [-0.05, 0) is 0 Å². The van der Waals surface area contributed by atoms with Crippen LogP contribution in [0.15, 0.2) is 17.8 Å². The topological polar surface area (TPSA) is 35.8 Å². The Morgan fingerprint density at radius 1 is 1.77 bits per heavy atom. The van der Waals surface area contributed by atoms with E-state index in [1.807, 2.05) is 6.92 Å². The number of aliphatic hydroxyl groups is 1. The van der Waals surface area contributed by atoms with Crippen molar-refractivity contribution in [1.82, 2.24) is 4.90 Å². The summed E-state index contributed by atoms with van der Waals surface area (Å²) in [5.41, 5.74) is 0. The molecule has 0 aliphatic carbocycles. The summed E-state index contributed by atoms with van der Waals surface area (Å²) in [5, 5.41) is 9.18. The van der Waals surface area contributed by atoms with Crippen molar-refractivity contribution >= 4 is 5.84 Å². The van der Waals surface area contributed by atoms with Crippen molar-refractivity contribution in [2.45, 2.75) is 25.6 Å². The van der Waals surface area contributed by atoms with Crippen molar-refractivity contribution in [2.75, 3.05) is 13.1 Å². The highest BCUT2D eigenvalue weighted by Crippen LogP contribution is 2.14. The van der Waals surface area contributed by atoms with Crippen molar-refractivity contribution in [2.24, 2.45) is 4.99 Å². The SMILES string of the molecule is C=CN=C(CC)N1CC(O)C(F)C1. The Kier molecular flexibility index (Phi) is 3.42. The first-order chi connectivity index (χ1) is 6.19. The van der Waals surface area contributed by atoms with E-state index in [0.717, 1.165) is 12.3 Å². The molecule has 1 rings (SSSR count). The first kappa shape index (κ1) is 10.2. The number of hydrogen-bond donors (Lipinski definition) is 1. The van der Waals surface area contributed by atoms with Gasteiger partial charge in [-0.2, -0.15) is 0 Å². The Hall–Kier alpha value is -0.900. The summed E-state index contributed by atoms with van der Waals surface area (Å²) in [6.45, 7) is 6.00. The third kappa shape index (κ3) is 2.28. The fraction of sp³-hybridized carbons (Fsp3) is 0.667. The number of hydrogen-bond acceptors (Lipinski definition) is 2. The molecule has 4 heteroatoms. The highest BCUT2D eigenvalue weighted by atomic mass is 19.1. The summed E-state index contributed by atoms with van der Waals surface area (Å²) < 4.78 is 12.9. The van der Waals surface area contributed by atoms with Gasteiger partial charge in [-0.3, -0.25) is 0 Å². The Morgan fingerprint density at radius 3 is 2.85 bits per heavy atom. The molecule has 13 heavy (non-hydrogen) atoms. The molecule has 2 atom stereocenters. The zero-order valence-electron chi connectivity index (χ0n) is 7.78. The van der Waals surface area contributed by atoms with Crippen LogP contribution in [0.1, 0.15) is 13.3 Å². The summed E-state index contributed by atoms with van der Waals surface area (Å²) in [6.07, 6.45) is 0.144. The van der Waals surface area contributed by atoms with Gasteiger partial charge in [-0.1, -0.05) is 13.5 Å². The lowest BCUT2D eigenvalue weighted by atomic mass is 10.3. The summed E-state index contributed by atoms with van der Waals surface area (Å²) in [4.78, 5) is 5.78. The molecule has 1 saturated heterocycles.